The maximum Gasteiger partial charge on any atom is 0.220 e. The van der Waals surface area contributed by atoms with Gasteiger partial charge >= 0.3 is 0 Å². The van der Waals surface area contributed by atoms with E-state index in [1.165, 1.54) is 43.8 Å². The zero-order valence-electron chi connectivity index (χ0n) is 17.2. The summed E-state index contributed by atoms with van der Waals surface area (Å²) >= 11 is 0. The van der Waals surface area contributed by atoms with Gasteiger partial charge in [0.15, 0.2) is 11.7 Å². The molecular formula is C24H25F2N3O2. The van der Waals surface area contributed by atoms with Gasteiger partial charge < -0.3 is 9.73 Å². The van der Waals surface area contributed by atoms with Crippen molar-refractivity contribution < 1.29 is 18.0 Å². The minimum Gasteiger partial charge on any atom is -0.441 e. The molecule has 0 radical (unpaired) electrons. The van der Waals surface area contributed by atoms with Crippen LogP contribution in [-0.2, 0) is 24.3 Å². The van der Waals surface area contributed by atoms with Crippen molar-refractivity contribution in [1.82, 2.24) is 15.2 Å². The number of nitrogens with zero attached hydrogens (tertiary/aromatic N) is 2. The molecule has 0 unspecified atom stereocenters. The topological polar surface area (TPSA) is 58.4 Å². The first kappa shape index (κ1) is 21.2. The van der Waals surface area contributed by atoms with Crippen LogP contribution >= 0.6 is 0 Å². The second kappa shape index (κ2) is 9.83. The highest BCUT2D eigenvalue weighted by Crippen LogP contribution is 2.24. The Balaban J connectivity index is 1.23. The summed E-state index contributed by atoms with van der Waals surface area (Å²) in [5.74, 6) is -0.943. The van der Waals surface area contributed by atoms with Gasteiger partial charge in [0.05, 0.1) is 11.8 Å². The molecule has 0 atom stereocenters. The van der Waals surface area contributed by atoms with Crippen molar-refractivity contribution in [3.63, 3.8) is 0 Å². The molecule has 1 saturated heterocycles. The summed E-state index contributed by atoms with van der Waals surface area (Å²) in [5.41, 5.74) is 2.47. The zero-order chi connectivity index (χ0) is 21.6. The quantitative estimate of drug-likeness (QED) is 0.579. The van der Waals surface area contributed by atoms with Crippen LogP contribution in [0.15, 0.2) is 53.1 Å². The number of oxazole rings is 1. The summed E-state index contributed by atoms with van der Waals surface area (Å²) in [6.07, 6.45) is 4.44. The average molecular weight is 425 g/mol. The van der Waals surface area contributed by atoms with Crippen LogP contribution in [-0.4, -0.2) is 28.9 Å². The van der Waals surface area contributed by atoms with Crippen LogP contribution in [0.2, 0.25) is 0 Å². The number of halogens is 2. The number of amides is 1. The molecule has 3 aromatic rings. The second-order valence-corrected chi connectivity index (χ2v) is 7.82. The summed E-state index contributed by atoms with van der Waals surface area (Å²) in [4.78, 5) is 18.7. The molecule has 7 heteroatoms. The summed E-state index contributed by atoms with van der Waals surface area (Å²) in [6, 6.07) is 11.6. The maximum absolute atomic E-state index is 13.9. The van der Waals surface area contributed by atoms with E-state index in [4.69, 9.17) is 4.42 Å². The molecule has 1 aliphatic rings. The predicted octanol–water partition coefficient (Wildman–Crippen LogP) is 4.46. The number of hydrogen-bond donors (Lipinski definition) is 1. The van der Waals surface area contributed by atoms with E-state index in [0.717, 1.165) is 24.2 Å². The Bertz CT molecular complexity index is 1030. The first-order valence-corrected chi connectivity index (χ1v) is 10.5. The van der Waals surface area contributed by atoms with Crippen molar-refractivity contribution in [2.75, 3.05) is 13.1 Å². The van der Waals surface area contributed by atoms with Gasteiger partial charge in [-0.1, -0.05) is 24.3 Å². The number of carbonyl (C=O) groups is 1. The fraction of sp³-hybridized carbons (Fsp3) is 0.333. The van der Waals surface area contributed by atoms with E-state index in [1.54, 1.807) is 0 Å². The summed E-state index contributed by atoms with van der Waals surface area (Å²) in [7, 11) is 0. The van der Waals surface area contributed by atoms with Gasteiger partial charge in [-0.3, -0.25) is 9.69 Å². The minimum atomic E-state index is -0.716. The molecule has 162 valence electrons. The maximum atomic E-state index is 13.9. The van der Waals surface area contributed by atoms with Crippen molar-refractivity contribution in [1.29, 1.82) is 0 Å². The largest absolute Gasteiger partial charge is 0.441 e. The van der Waals surface area contributed by atoms with Crippen molar-refractivity contribution in [3.05, 3.63) is 77.3 Å². The Morgan fingerprint density at radius 2 is 1.81 bits per heavy atom. The summed E-state index contributed by atoms with van der Waals surface area (Å²) in [5, 5.41) is 2.90. The standard InChI is InChI=1S/C24H25F2N3O2/c25-19-7-8-20(21(26)13-19)22-15-28-24(31-22)10-9-23(30)27-14-17-3-5-18(6-4-17)16-29-11-1-2-12-29/h3-8,13,15H,1-2,9-12,14,16H2,(H,27,30). The fourth-order valence-corrected chi connectivity index (χ4v) is 3.71. The van der Waals surface area contributed by atoms with E-state index in [1.807, 2.05) is 12.1 Å². The summed E-state index contributed by atoms with van der Waals surface area (Å²) in [6.45, 7) is 3.78. The first-order valence-electron chi connectivity index (χ1n) is 10.5. The molecule has 5 nitrogen and oxygen atoms in total. The van der Waals surface area contributed by atoms with Gasteiger partial charge in [-0.05, 0) is 49.2 Å². The van der Waals surface area contributed by atoms with E-state index in [9.17, 15) is 13.6 Å². The SMILES string of the molecule is O=C(CCc1ncc(-c2ccc(F)cc2F)o1)NCc1ccc(CN2CCCC2)cc1. The van der Waals surface area contributed by atoms with E-state index in [2.05, 4.69) is 27.3 Å². The van der Waals surface area contributed by atoms with Crippen LogP contribution in [0.25, 0.3) is 11.3 Å². The lowest BCUT2D eigenvalue weighted by atomic mass is 10.1. The third-order valence-corrected chi connectivity index (χ3v) is 5.43. The number of likely N-dealkylation sites (tertiary alicyclic amines) is 1. The van der Waals surface area contributed by atoms with E-state index in [0.29, 0.717) is 18.9 Å². The molecule has 0 aliphatic carbocycles. The first-order chi connectivity index (χ1) is 15.1. The lowest BCUT2D eigenvalue weighted by Gasteiger charge is -2.14. The van der Waals surface area contributed by atoms with Gasteiger partial charge in [-0.2, -0.15) is 0 Å². The molecule has 0 bridgehead atoms. The van der Waals surface area contributed by atoms with Gasteiger partial charge in [0.2, 0.25) is 5.91 Å². The Labute approximate surface area is 180 Å². The van der Waals surface area contributed by atoms with Crippen molar-refractivity contribution >= 4 is 5.91 Å². The Hall–Kier alpha value is -3.06. The molecule has 0 saturated carbocycles. The van der Waals surface area contributed by atoms with Crippen LogP contribution in [0.3, 0.4) is 0 Å². The fourth-order valence-electron chi connectivity index (χ4n) is 3.71. The molecule has 4 rings (SSSR count). The number of aromatic nitrogens is 1. The number of hydrogen-bond acceptors (Lipinski definition) is 4. The Morgan fingerprint density at radius 3 is 2.55 bits per heavy atom. The highest BCUT2D eigenvalue weighted by molar-refractivity contribution is 5.76. The van der Waals surface area contributed by atoms with Gasteiger partial charge in [0.25, 0.3) is 0 Å². The van der Waals surface area contributed by atoms with Gasteiger partial charge in [-0.15, -0.1) is 0 Å². The lowest BCUT2D eigenvalue weighted by Crippen LogP contribution is -2.23. The van der Waals surface area contributed by atoms with Crippen LogP contribution in [0.1, 0.15) is 36.3 Å². The molecular weight excluding hydrogens is 400 g/mol. The number of carbonyl (C=O) groups excluding carboxylic acids is 1. The van der Waals surface area contributed by atoms with Crippen molar-refractivity contribution in [3.8, 4) is 11.3 Å². The molecule has 1 aromatic heterocycles. The Kier molecular flexibility index (Phi) is 6.72. The highest BCUT2D eigenvalue weighted by atomic mass is 19.1. The molecule has 1 N–H and O–H groups in total. The smallest absolute Gasteiger partial charge is 0.220 e. The average Bonchev–Trinajstić information content (AvgIpc) is 3.44. The molecule has 0 spiro atoms. The molecule has 2 aromatic carbocycles. The molecule has 1 aliphatic heterocycles. The van der Waals surface area contributed by atoms with Crippen LogP contribution in [0.4, 0.5) is 8.78 Å². The van der Waals surface area contributed by atoms with Crippen LogP contribution < -0.4 is 5.32 Å². The molecule has 1 amide bonds. The number of nitrogens with one attached hydrogen (secondary N) is 1. The van der Waals surface area contributed by atoms with Gasteiger partial charge in [0, 0.05) is 32.0 Å². The highest BCUT2D eigenvalue weighted by Gasteiger charge is 2.14. The van der Waals surface area contributed by atoms with Gasteiger partial charge in [-0.25, -0.2) is 13.8 Å². The Morgan fingerprint density at radius 1 is 1.06 bits per heavy atom. The third kappa shape index (κ3) is 5.76. The van der Waals surface area contributed by atoms with E-state index >= 15 is 0 Å². The molecule has 1 fully saturated rings. The van der Waals surface area contributed by atoms with Gasteiger partial charge in [0.1, 0.15) is 11.6 Å². The zero-order valence-corrected chi connectivity index (χ0v) is 17.2. The second-order valence-electron chi connectivity index (χ2n) is 7.82. The molecule has 2 heterocycles. The van der Waals surface area contributed by atoms with Crippen LogP contribution in [0.5, 0.6) is 0 Å². The van der Waals surface area contributed by atoms with E-state index < -0.39 is 11.6 Å². The van der Waals surface area contributed by atoms with E-state index in [-0.39, 0.29) is 23.7 Å². The summed E-state index contributed by atoms with van der Waals surface area (Å²) < 4.78 is 32.4. The third-order valence-electron chi connectivity index (χ3n) is 5.43. The number of rotatable bonds is 8. The molecule has 31 heavy (non-hydrogen) atoms. The number of benzene rings is 2. The van der Waals surface area contributed by atoms with Crippen molar-refractivity contribution in [2.24, 2.45) is 0 Å². The lowest BCUT2D eigenvalue weighted by molar-refractivity contribution is -0.121. The van der Waals surface area contributed by atoms with Crippen LogP contribution in [0, 0.1) is 11.6 Å². The number of aryl methyl sites for hydroxylation is 1. The monoisotopic (exact) mass is 425 g/mol. The minimum absolute atomic E-state index is 0.117. The normalized spacial score (nSPS) is 14.1. The predicted molar refractivity (Wildman–Crippen MR) is 113 cm³/mol. The van der Waals surface area contributed by atoms with Crippen molar-refractivity contribution in [2.45, 2.75) is 38.8 Å².